The van der Waals surface area contributed by atoms with E-state index in [0.29, 0.717) is 50.2 Å². The van der Waals surface area contributed by atoms with E-state index in [9.17, 15) is 9.59 Å². The minimum Gasteiger partial charge on any atom is -0.493 e. The highest BCUT2D eigenvalue weighted by atomic mass is 32.1. The molecule has 0 unspecified atom stereocenters. The molecule has 3 heterocycles. The Labute approximate surface area is 234 Å². The smallest absolute Gasteiger partial charge is 0.338 e. The second kappa shape index (κ2) is 12.0. The van der Waals surface area contributed by atoms with Crippen molar-refractivity contribution < 1.29 is 33.2 Å². The summed E-state index contributed by atoms with van der Waals surface area (Å²) < 4.78 is 35.2. The molecular formula is C29H30N2O8S. The van der Waals surface area contributed by atoms with Crippen molar-refractivity contribution in [3.63, 3.8) is 0 Å². The number of hydrogen-bond acceptors (Lipinski definition) is 10. The van der Waals surface area contributed by atoms with Gasteiger partial charge in [0.15, 0.2) is 27.8 Å². The summed E-state index contributed by atoms with van der Waals surface area (Å²) in [6.45, 7) is 4.62. The summed E-state index contributed by atoms with van der Waals surface area (Å²) >= 11 is 1.24. The molecule has 0 amide bonds. The van der Waals surface area contributed by atoms with Crippen LogP contribution in [-0.4, -0.2) is 51.4 Å². The molecule has 10 nitrogen and oxygen atoms in total. The van der Waals surface area contributed by atoms with Crippen LogP contribution in [0.15, 0.2) is 57.5 Å². The summed E-state index contributed by atoms with van der Waals surface area (Å²) in [4.78, 5) is 32.6. The summed E-state index contributed by atoms with van der Waals surface area (Å²) in [6.07, 6.45) is 2.54. The molecule has 0 fully saturated rings. The van der Waals surface area contributed by atoms with Crippen LogP contribution in [0.3, 0.4) is 0 Å². The van der Waals surface area contributed by atoms with Gasteiger partial charge in [0.2, 0.25) is 6.79 Å². The summed E-state index contributed by atoms with van der Waals surface area (Å²) in [5.41, 5.74) is 1.76. The van der Waals surface area contributed by atoms with Crippen LogP contribution in [0.4, 0.5) is 0 Å². The highest BCUT2D eigenvalue weighted by Gasteiger charge is 2.36. The van der Waals surface area contributed by atoms with Gasteiger partial charge in [-0.1, -0.05) is 36.5 Å². The van der Waals surface area contributed by atoms with E-state index >= 15 is 0 Å². The number of ether oxygens (including phenoxy) is 6. The molecule has 5 rings (SSSR count). The zero-order valence-corrected chi connectivity index (χ0v) is 23.5. The van der Waals surface area contributed by atoms with Crippen molar-refractivity contribution in [3.8, 4) is 23.0 Å². The molecule has 3 aromatic rings. The molecule has 11 heteroatoms. The van der Waals surface area contributed by atoms with Gasteiger partial charge >= 0.3 is 5.97 Å². The third-order valence-electron chi connectivity index (χ3n) is 6.43. The third-order valence-corrected chi connectivity index (χ3v) is 7.41. The van der Waals surface area contributed by atoms with E-state index in [1.807, 2.05) is 25.1 Å². The largest absolute Gasteiger partial charge is 0.493 e. The van der Waals surface area contributed by atoms with E-state index in [-0.39, 0.29) is 31.1 Å². The quantitative estimate of drug-likeness (QED) is 0.272. The molecule has 2 aromatic carbocycles. The van der Waals surface area contributed by atoms with Crippen molar-refractivity contribution >= 4 is 23.4 Å². The Bertz CT molecular complexity index is 1640. The number of nitrogens with zero attached hydrogens (tertiary/aromatic N) is 2. The highest BCUT2D eigenvalue weighted by Crippen LogP contribution is 2.41. The second-order valence-electron chi connectivity index (χ2n) is 9.05. The molecule has 0 radical (unpaired) electrons. The monoisotopic (exact) mass is 566 g/mol. The second-order valence-corrected chi connectivity index (χ2v) is 10.1. The minimum atomic E-state index is -0.854. The first-order valence-electron chi connectivity index (χ1n) is 12.8. The number of thiazole rings is 1. The Morgan fingerprint density at radius 2 is 1.98 bits per heavy atom. The van der Waals surface area contributed by atoms with Gasteiger partial charge in [-0.3, -0.25) is 9.36 Å². The van der Waals surface area contributed by atoms with Gasteiger partial charge < -0.3 is 28.4 Å². The molecule has 1 atom stereocenters. The predicted molar refractivity (Wildman–Crippen MR) is 148 cm³/mol. The Morgan fingerprint density at radius 1 is 1.15 bits per heavy atom. The lowest BCUT2D eigenvalue weighted by Crippen LogP contribution is -2.40. The maximum Gasteiger partial charge on any atom is 0.338 e. The van der Waals surface area contributed by atoms with E-state index < -0.39 is 12.0 Å². The van der Waals surface area contributed by atoms with Crippen LogP contribution < -0.4 is 33.8 Å². The van der Waals surface area contributed by atoms with Crippen molar-refractivity contribution in [1.82, 2.24) is 4.57 Å². The fraction of sp³-hybridized carbons (Fsp3) is 0.345. The summed E-state index contributed by atoms with van der Waals surface area (Å²) in [5, 5.41) is 0. The average molecular weight is 567 g/mol. The van der Waals surface area contributed by atoms with Crippen molar-refractivity contribution in [1.29, 1.82) is 0 Å². The summed E-state index contributed by atoms with van der Waals surface area (Å²) in [5.74, 6) is 1.64. The average Bonchev–Trinajstić information content (AvgIpc) is 3.54. The summed E-state index contributed by atoms with van der Waals surface area (Å²) in [6, 6.07) is 10.0. The number of hydrogen-bond donors (Lipinski definition) is 0. The number of carbonyl (C=O) groups is 1. The SMILES string of the molecule is CCCOc1c(OC)cccc1[C@H]1C(C(=O)OCCOC)=C(C)N=c2s/c(=C/c3ccc4c(c3)OCO4)c(=O)n21. The van der Waals surface area contributed by atoms with Gasteiger partial charge in [-0.25, -0.2) is 9.79 Å². The molecule has 40 heavy (non-hydrogen) atoms. The van der Waals surface area contributed by atoms with Crippen LogP contribution in [0.2, 0.25) is 0 Å². The zero-order valence-electron chi connectivity index (χ0n) is 22.7. The van der Waals surface area contributed by atoms with Gasteiger partial charge in [-0.05, 0) is 43.2 Å². The Balaban J connectivity index is 1.70. The first-order chi connectivity index (χ1) is 19.5. The number of fused-ring (bicyclic) bond motifs is 2. The van der Waals surface area contributed by atoms with Crippen LogP contribution >= 0.6 is 11.3 Å². The number of rotatable bonds is 10. The molecule has 0 bridgehead atoms. The van der Waals surface area contributed by atoms with Gasteiger partial charge in [0.25, 0.3) is 5.56 Å². The van der Waals surface area contributed by atoms with E-state index in [1.165, 1.54) is 23.0 Å². The number of aromatic nitrogens is 1. The van der Waals surface area contributed by atoms with Gasteiger partial charge in [-0.2, -0.15) is 0 Å². The molecular weight excluding hydrogens is 536 g/mol. The number of methoxy groups -OCH3 is 2. The molecule has 0 saturated carbocycles. The van der Waals surface area contributed by atoms with E-state index in [1.54, 1.807) is 38.3 Å². The van der Waals surface area contributed by atoms with Crippen LogP contribution in [0.1, 0.15) is 37.4 Å². The number of esters is 1. The fourth-order valence-corrected chi connectivity index (χ4v) is 5.64. The van der Waals surface area contributed by atoms with E-state index in [0.717, 1.165) is 12.0 Å². The lowest BCUT2D eigenvalue weighted by Gasteiger charge is -2.27. The van der Waals surface area contributed by atoms with Crippen LogP contribution in [0.25, 0.3) is 6.08 Å². The number of benzene rings is 2. The van der Waals surface area contributed by atoms with Crippen molar-refractivity contribution in [2.24, 2.45) is 4.99 Å². The minimum absolute atomic E-state index is 0.0602. The van der Waals surface area contributed by atoms with Crippen LogP contribution in [0.5, 0.6) is 23.0 Å². The van der Waals surface area contributed by atoms with E-state index in [4.69, 9.17) is 28.4 Å². The Hall–Kier alpha value is -4.09. The maximum atomic E-state index is 14.0. The Kier molecular flexibility index (Phi) is 8.22. The normalized spacial score (nSPS) is 16.0. The first-order valence-corrected chi connectivity index (χ1v) is 13.7. The van der Waals surface area contributed by atoms with Gasteiger partial charge in [-0.15, -0.1) is 0 Å². The topological polar surface area (TPSA) is 107 Å². The first kappa shape index (κ1) is 27.5. The van der Waals surface area contributed by atoms with Crippen molar-refractivity contribution in [2.75, 3.05) is 40.8 Å². The lowest BCUT2D eigenvalue weighted by molar-refractivity contribution is -0.140. The highest BCUT2D eigenvalue weighted by molar-refractivity contribution is 7.07. The van der Waals surface area contributed by atoms with Gasteiger partial charge in [0.05, 0.1) is 36.1 Å². The zero-order chi connectivity index (χ0) is 28.2. The molecule has 2 aliphatic rings. The number of allylic oxidation sites excluding steroid dienone is 1. The maximum absolute atomic E-state index is 14.0. The summed E-state index contributed by atoms with van der Waals surface area (Å²) in [7, 11) is 3.08. The van der Waals surface area contributed by atoms with Crippen molar-refractivity contribution in [2.45, 2.75) is 26.3 Å². The van der Waals surface area contributed by atoms with Crippen LogP contribution in [0, 0.1) is 0 Å². The number of para-hydroxylation sites is 1. The standard InChI is InChI=1S/C29H30N2O8S/c1-5-11-36-26-19(7-6-8-21(26)35-4)25-24(28(33)37-13-12-34-3)17(2)30-29-31(25)27(32)23(40-29)15-18-9-10-20-22(14-18)39-16-38-20/h6-10,14-15,25H,5,11-13,16H2,1-4H3/b23-15+/t25-/m0/s1. The molecule has 0 spiro atoms. The van der Waals surface area contributed by atoms with Gasteiger partial charge in [0, 0.05) is 12.7 Å². The molecule has 0 aliphatic carbocycles. The van der Waals surface area contributed by atoms with Gasteiger partial charge in [0.1, 0.15) is 12.6 Å². The lowest BCUT2D eigenvalue weighted by atomic mass is 9.94. The predicted octanol–water partition coefficient (Wildman–Crippen LogP) is 2.95. The molecule has 2 aliphatic heterocycles. The Morgan fingerprint density at radius 3 is 2.75 bits per heavy atom. The number of carbonyl (C=O) groups excluding carboxylic acids is 1. The molecule has 1 aromatic heterocycles. The third kappa shape index (κ3) is 5.22. The van der Waals surface area contributed by atoms with Crippen molar-refractivity contribution in [3.05, 3.63) is 78.5 Å². The van der Waals surface area contributed by atoms with Crippen LogP contribution in [-0.2, 0) is 14.3 Å². The molecule has 210 valence electrons. The van der Waals surface area contributed by atoms with E-state index in [2.05, 4.69) is 4.99 Å². The molecule has 0 N–H and O–H groups in total. The molecule has 0 saturated heterocycles. The fourth-order valence-electron chi connectivity index (χ4n) is 4.59.